The van der Waals surface area contributed by atoms with E-state index >= 15 is 0 Å². The number of hydrogen-bond donors (Lipinski definition) is 0. The van der Waals surface area contributed by atoms with Crippen LogP contribution in [0.2, 0.25) is 0 Å². The molecule has 0 radical (unpaired) electrons. The van der Waals surface area contributed by atoms with Crippen molar-refractivity contribution in [1.82, 2.24) is 0 Å². The summed E-state index contributed by atoms with van der Waals surface area (Å²) in [6.07, 6.45) is 13.8. The summed E-state index contributed by atoms with van der Waals surface area (Å²) in [5, 5.41) is 0. The third kappa shape index (κ3) is 16.0. The first-order chi connectivity index (χ1) is 11.2. The van der Waals surface area contributed by atoms with E-state index < -0.39 is 5.60 Å². The highest BCUT2D eigenvalue weighted by atomic mass is 16.6. The lowest BCUT2D eigenvalue weighted by Gasteiger charge is -2.27. The predicted molar refractivity (Wildman–Crippen MR) is 102 cm³/mol. The van der Waals surface area contributed by atoms with Crippen LogP contribution in [-0.4, -0.2) is 23.8 Å². The monoisotopic (exact) mass is 340 g/mol. The van der Waals surface area contributed by atoms with E-state index in [-0.39, 0.29) is 11.6 Å². The Morgan fingerprint density at radius 3 is 2.17 bits per heavy atom. The summed E-state index contributed by atoms with van der Waals surface area (Å²) in [6.45, 7) is 12.8. The van der Waals surface area contributed by atoms with Crippen LogP contribution in [0, 0.1) is 0 Å². The number of rotatable bonds is 13. The van der Waals surface area contributed by atoms with Crippen LogP contribution in [0.1, 0.15) is 99.3 Å². The minimum atomic E-state index is -0.450. The second-order valence-corrected chi connectivity index (χ2v) is 8.13. The average Bonchev–Trinajstić information content (AvgIpc) is 2.43. The third-order valence-electron chi connectivity index (χ3n) is 3.78. The van der Waals surface area contributed by atoms with Gasteiger partial charge in [-0.15, -0.1) is 0 Å². The van der Waals surface area contributed by atoms with Crippen LogP contribution in [0.5, 0.6) is 0 Å². The Kier molecular flexibility index (Phi) is 12.1. The standard InChI is InChI=1S/C21H40O3/c1-7-8-9-10-11-12-13-14-15-16-19(22)24-21(5,6)17-18-23-20(2,3)4/h8-9H,7,10-18H2,1-6H3. The van der Waals surface area contributed by atoms with Crippen molar-refractivity contribution in [2.45, 2.75) is 111 Å². The number of ether oxygens (including phenoxy) is 2. The zero-order chi connectivity index (χ0) is 18.5. The van der Waals surface area contributed by atoms with Crippen LogP contribution >= 0.6 is 0 Å². The number of carbonyl (C=O) groups excluding carboxylic acids is 1. The molecule has 24 heavy (non-hydrogen) atoms. The van der Waals surface area contributed by atoms with Crippen molar-refractivity contribution in [3.05, 3.63) is 12.2 Å². The van der Waals surface area contributed by atoms with Gasteiger partial charge in [-0.3, -0.25) is 4.79 Å². The molecule has 0 aliphatic carbocycles. The summed E-state index contributed by atoms with van der Waals surface area (Å²) in [5.74, 6) is -0.0818. The molecular weight excluding hydrogens is 300 g/mol. The maximum Gasteiger partial charge on any atom is 0.306 e. The van der Waals surface area contributed by atoms with Gasteiger partial charge >= 0.3 is 5.97 Å². The van der Waals surface area contributed by atoms with Crippen molar-refractivity contribution < 1.29 is 14.3 Å². The van der Waals surface area contributed by atoms with Crippen LogP contribution < -0.4 is 0 Å². The molecule has 0 aromatic rings. The fourth-order valence-corrected chi connectivity index (χ4v) is 2.36. The molecule has 0 bridgehead atoms. The van der Waals surface area contributed by atoms with Gasteiger partial charge in [0.2, 0.25) is 0 Å². The maximum atomic E-state index is 12.0. The van der Waals surface area contributed by atoms with Crippen molar-refractivity contribution in [2.75, 3.05) is 6.61 Å². The predicted octanol–water partition coefficient (Wildman–Crippen LogP) is 6.21. The van der Waals surface area contributed by atoms with Crippen molar-refractivity contribution in [3.63, 3.8) is 0 Å². The summed E-state index contributed by atoms with van der Waals surface area (Å²) in [4.78, 5) is 12.0. The van der Waals surface area contributed by atoms with Crippen molar-refractivity contribution in [1.29, 1.82) is 0 Å². The normalized spacial score (nSPS) is 12.8. The topological polar surface area (TPSA) is 35.5 Å². The quantitative estimate of drug-likeness (QED) is 0.227. The molecule has 0 atom stereocenters. The highest BCUT2D eigenvalue weighted by molar-refractivity contribution is 5.69. The van der Waals surface area contributed by atoms with Crippen molar-refractivity contribution in [2.24, 2.45) is 0 Å². The summed E-state index contributed by atoms with van der Waals surface area (Å²) in [6, 6.07) is 0. The van der Waals surface area contributed by atoms with Crippen LogP contribution in [0.4, 0.5) is 0 Å². The van der Waals surface area contributed by atoms with Gasteiger partial charge in [0.1, 0.15) is 5.60 Å². The highest BCUT2D eigenvalue weighted by Gasteiger charge is 2.23. The first-order valence-corrected chi connectivity index (χ1v) is 9.67. The van der Waals surface area contributed by atoms with E-state index in [2.05, 4.69) is 19.1 Å². The molecule has 3 nitrogen and oxygen atoms in total. The molecule has 0 aliphatic rings. The first kappa shape index (κ1) is 23.2. The van der Waals surface area contributed by atoms with Gasteiger partial charge in [-0.1, -0.05) is 38.3 Å². The Bertz CT molecular complexity index is 351. The summed E-state index contributed by atoms with van der Waals surface area (Å²) < 4.78 is 11.3. The number of carbonyl (C=O) groups is 1. The summed E-state index contributed by atoms with van der Waals surface area (Å²) in [5.41, 5.74) is -0.597. The van der Waals surface area contributed by atoms with E-state index in [1.165, 1.54) is 25.7 Å². The lowest BCUT2D eigenvalue weighted by Crippen LogP contribution is -2.31. The SMILES string of the molecule is CCC=CCCCCCCCC(=O)OC(C)(C)CCOC(C)(C)C. The molecule has 0 saturated heterocycles. The van der Waals surface area contributed by atoms with E-state index in [1.807, 2.05) is 34.6 Å². The van der Waals surface area contributed by atoms with Gasteiger partial charge in [0.05, 0.1) is 12.2 Å². The molecule has 0 rings (SSSR count). The number of hydrogen-bond acceptors (Lipinski definition) is 3. The fourth-order valence-electron chi connectivity index (χ4n) is 2.36. The van der Waals surface area contributed by atoms with Crippen LogP contribution in [0.15, 0.2) is 12.2 Å². The van der Waals surface area contributed by atoms with Gasteiger partial charge in [-0.05, 0) is 60.3 Å². The maximum absolute atomic E-state index is 12.0. The lowest BCUT2D eigenvalue weighted by atomic mass is 10.1. The molecule has 0 aromatic heterocycles. The molecule has 0 saturated carbocycles. The first-order valence-electron chi connectivity index (χ1n) is 9.67. The largest absolute Gasteiger partial charge is 0.460 e. The number of allylic oxidation sites excluding steroid dienone is 2. The average molecular weight is 341 g/mol. The number of esters is 1. The van der Waals surface area contributed by atoms with Crippen LogP contribution in [0.25, 0.3) is 0 Å². The highest BCUT2D eigenvalue weighted by Crippen LogP contribution is 2.19. The molecule has 0 spiro atoms. The van der Waals surface area contributed by atoms with E-state index in [0.717, 1.165) is 25.7 Å². The molecule has 0 aliphatic heterocycles. The van der Waals surface area contributed by atoms with Gasteiger partial charge in [-0.2, -0.15) is 0 Å². The number of unbranched alkanes of at least 4 members (excludes halogenated alkanes) is 5. The molecule has 0 fully saturated rings. The Balaban J connectivity index is 3.68. The smallest absolute Gasteiger partial charge is 0.306 e. The lowest BCUT2D eigenvalue weighted by molar-refractivity contribution is -0.159. The molecular formula is C21H40O3. The Morgan fingerprint density at radius 1 is 0.917 bits per heavy atom. The zero-order valence-electron chi connectivity index (χ0n) is 17.0. The molecule has 0 aromatic carbocycles. The van der Waals surface area contributed by atoms with Crippen LogP contribution in [-0.2, 0) is 14.3 Å². The van der Waals surface area contributed by atoms with Crippen LogP contribution in [0.3, 0.4) is 0 Å². The van der Waals surface area contributed by atoms with Gasteiger partial charge in [-0.25, -0.2) is 0 Å². The van der Waals surface area contributed by atoms with Gasteiger partial charge in [0.25, 0.3) is 0 Å². The van der Waals surface area contributed by atoms with Gasteiger partial charge in [0.15, 0.2) is 0 Å². The molecule has 0 amide bonds. The minimum Gasteiger partial charge on any atom is -0.460 e. The molecule has 142 valence electrons. The zero-order valence-corrected chi connectivity index (χ0v) is 17.0. The second-order valence-electron chi connectivity index (χ2n) is 8.13. The van der Waals surface area contributed by atoms with E-state index in [0.29, 0.717) is 13.0 Å². The minimum absolute atomic E-state index is 0.0818. The summed E-state index contributed by atoms with van der Waals surface area (Å²) in [7, 11) is 0. The fraction of sp³-hybridized carbons (Fsp3) is 0.857. The van der Waals surface area contributed by atoms with E-state index in [9.17, 15) is 4.79 Å². The van der Waals surface area contributed by atoms with Gasteiger partial charge < -0.3 is 9.47 Å². The Labute approximate surface area is 150 Å². The molecule has 0 unspecified atom stereocenters. The van der Waals surface area contributed by atoms with Gasteiger partial charge in [0, 0.05) is 12.8 Å². The third-order valence-corrected chi connectivity index (χ3v) is 3.78. The van der Waals surface area contributed by atoms with E-state index in [1.54, 1.807) is 0 Å². The van der Waals surface area contributed by atoms with Crippen molar-refractivity contribution >= 4 is 5.97 Å². The molecule has 0 N–H and O–H groups in total. The molecule has 0 heterocycles. The summed E-state index contributed by atoms with van der Waals surface area (Å²) >= 11 is 0. The Morgan fingerprint density at radius 2 is 1.54 bits per heavy atom. The Hall–Kier alpha value is -0.830. The molecule has 3 heteroatoms. The van der Waals surface area contributed by atoms with E-state index in [4.69, 9.17) is 9.47 Å². The second kappa shape index (κ2) is 12.5. The van der Waals surface area contributed by atoms with Crippen molar-refractivity contribution in [3.8, 4) is 0 Å².